The first-order chi connectivity index (χ1) is 14.2. The molecule has 0 bridgehead atoms. The summed E-state index contributed by atoms with van der Waals surface area (Å²) < 4.78 is 40.7. The molecule has 0 fully saturated rings. The summed E-state index contributed by atoms with van der Waals surface area (Å²) in [4.78, 5) is 24.9. The number of sulfonamides is 1. The van der Waals surface area contributed by atoms with E-state index in [2.05, 4.69) is 0 Å². The first kappa shape index (κ1) is 21.6. The van der Waals surface area contributed by atoms with Crippen molar-refractivity contribution in [3.63, 3.8) is 0 Å². The molecule has 8 nitrogen and oxygen atoms in total. The molecule has 0 aromatic heterocycles. The predicted molar refractivity (Wildman–Crippen MR) is 111 cm³/mol. The van der Waals surface area contributed by atoms with E-state index in [-0.39, 0.29) is 17.1 Å². The Morgan fingerprint density at radius 1 is 1.07 bits per heavy atom. The van der Waals surface area contributed by atoms with E-state index >= 15 is 0 Å². The molecule has 0 unspecified atom stereocenters. The number of carbonyl (C=O) groups excluding carboxylic acids is 2. The molecule has 0 saturated carbocycles. The first-order valence-corrected chi connectivity index (χ1v) is 11.1. The van der Waals surface area contributed by atoms with Gasteiger partial charge in [0, 0.05) is 18.2 Å². The maximum absolute atomic E-state index is 12.5. The zero-order valence-electron chi connectivity index (χ0n) is 17.0. The van der Waals surface area contributed by atoms with Crippen molar-refractivity contribution < 1.29 is 32.2 Å². The molecular formula is C21H23NO7S. The molecular weight excluding hydrogens is 410 g/mol. The largest absolute Gasteiger partial charge is 0.497 e. The maximum atomic E-state index is 12.5. The molecule has 1 aliphatic rings. The van der Waals surface area contributed by atoms with Crippen LogP contribution in [0.15, 0.2) is 36.4 Å². The fourth-order valence-corrected chi connectivity index (χ4v) is 4.34. The van der Waals surface area contributed by atoms with Gasteiger partial charge in [-0.15, -0.1) is 0 Å². The molecule has 30 heavy (non-hydrogen) atoms. The lowest BCUT2D eigenvalue weighted by Crippen LogP contribution is -2.34. The second-order valence-corrected chi connectivity index (χ2v) is 8.75. The van der Waals surface area contributed by atoms with E-state index in [1.807, 2.05) is 0 Å². The van der Waals surface area contributed by atoms with Crippen LogP contribution in [0.1, 0.15) is 32.7 Å². The van der Waals surface area contributed by atoms with Gasteiger partial charge >= 0.3 is 5.97 Å². The summed E-state index contributed by atoms with van der Waals surface area (Å²) >= 11 is 0. The summed E-state index contributed by atoms with van der Waals surface area (Å²) in [6.45, 7) is -0.0248. The molecule has 0 amide bonds. The SMILES string of the molecule is COc1ccc(C(=O)OCC(=O)c2ccc3c(c2)CCCN3S(C)(=O)=O)c(OC)c1. The summed E-state index contributed by atoms with van der Waals surface area (Å²) in [5.41, 5.74) is 1.90. The monoisotopic (exact) mass is 433 g/mol. The smallest absolute Gasteiger partial charge is 0.342 e. The van der Waals surface area contributed by atoms with Gasteiger partial charge in [-0.2, -0.15) is 0 Å². The first-order valence-electron chi connectivity index (χ1n) is 9.27. The average Bonchev–Trinajstić information content (AvgIpc) is 2.75. The van der Waals surface area contributed by atoms with Gasteiger partial charge in [0.15, 0.2) is 12.4 Å². The summed E-state index contributed by atoms with van der Waals surface area (Å²) in [6, 6.07) is 9.48. The number of Topliss-reactive ketones (excluding diaryl/α,β-unsaturated/α-hetero) is 1. The molecule has 3 rings (SSSR count). The molecule has 2 aromatic carbocycles. The lowest BCUT2D eigenvalue weighted by molar-refractivity contribution is 0.0471. The molecule has 9 heteroatoms. The van der Waals surface area contributed by atoms with E-state index in [0.717, 1.165) is 11.8 Å². The number of ketones is 1. The van der Waals surface area contributed by atoms with Gasteiger partial charge in [0.1, 0.15) is 17.1 Å². The fraction of sp³-hybridized carbons (Fsp3) is 0.333. The van der Waals surface area contributed by atoms with Crippen molar-refractivity contribution in [3.8, 4) is 11.5 Å². The van der Waals surface area contributed by atoms with E-state index in [9.17, 15) is 18.0 Å². The highest BCUT2D eigenvalue weighted by molar-refractivity contribution is 7.92. The summed E-state index contributed by atoms with van der Waals surface area (Å²) in [5, 5.41) is 0. The fourth-order valence-electron chi connectivity index (χ4n) is 3.34. The molecule has 0 radical (unpaired) electrons. The van der Waals surface area contributed by atoms with Crippen molar-refractivity contribution in [1.29, 1.82) is 0 Å². The Hall–Kier alpha value is -3.07. The highest BCUT2D eigenvalue weighted by atomic mass is 32.2. The van der Waals surface area contributed by atoms with Crippen LogP contribution in [0, 0.1) is 0 Å². The van der Waals surface area contributed by atoms with Gasteiger partial charge in [-0.3, -0.25) is 9.10 Å². The van der Waals surface area contributed by atoms with Crippen LogP contribution in [0.25, 0.3) is 0 Å². The highest BCUT2D eigenvalue weighted by Gasteiger charge is 2.25. The molecule has 2 aromatic rings. The van der Waals surface area contributed by atoms with Crippen LogP contribution in [0.3, 0.4) is 0 Å². The molecule has 0 aliphatic carbocycles. The molecule has 0 saturated heterocycles. The normalized spacial score (nSPS) is 13.4. The van der Waals surface area contributed by atoms with E-state index in [1.165, 1.54) is 24.6 Å². The number of aryl methyl sites for hydroxylation is 1. The number of methoxy groups -OCH3 is 2. The van der Waals surface area contributed by atoms with Crippen molar-refractivity contribution in [2.45, 2.75) is 12.8 Å². The number of carbonyl (C=O) groups is 2. The van der Waals surface area contributed by atoms with Gasteiger partial charge in [-0.1, -0.05) is 0 Å². The Bertz CT molecular complexity index is 1080. The molecule has 0 spiro atoms. The Morgan fingerprint density at radius 3 is 2.50 bits per heavy atom. The summed E-state index contributed by atoms with van der Waals surface area (Å²) in [5.74, 6) is -0.266. The Balaban J connectivity index is 1.72. The van der Waals surface area contributed by atoms with Crippen molar-refractivity contribution in [2.24, 2.45) is 0 Å². The van der Waals surface area contributed by atoms with Gasteiger partial charge in [0.05, 0.1) is 26.2 Å². The van der Waals surface area contributed by atoms with Crippen molar-refractivity contribution in [3.05, 3.63) is 53.1 Å². The van der Waals surface area contributed by atoms with E-state index in [4.69, 9.17) is 14.2 Å². The van der Waals surface area contributed by atoms with Crippen LogP contribution in [0.2, 0.25) is 0 Å². The predicted octanol–water partition coefficient (Wildman–Crippen LogP) is 2.46. The lowest BCUT2D eigenvalue weighted by atomic mass is 9.99. The Kier molecular flexibility index (Phi) is 6.31. The third kappa shape index (κ3) is 4.56. The maximum Gasteiger partial charge on any atom is 0.342 e. The quantitative estimate of drug-likeness (QED) is 0.488. The number of fused-ring (bicyclic) bond motifs is 1. The van der Waals surface area contributed by atoms with Gasteiger partial charge < -0.3 is 14.2 Å². The summed E-state index contributed by atoms with van der Waals surface area (Å²) in [7, 11) is -0.459. The van der Waals surface area contributed by atoms with Gasteiger partial charge in [-0.25, -0.2) is 13.2 Å². The number of hydrogen-bond donors (Lipinski definition) is 0. The number of nitrogens with zero attached hydrogens (tertiary/aromatic N) is 1. The molecule has 160 valence electrons. The molecule has 1 heterocycles. The molecule has 0 N–H and O–H groups in total. The van der Waals surface area contributed by atoms with Crippen LogP contribution in [-0.2, 0) is 21.2 Å². The minimum atomic E-state index is -3.38. The third-order valence-electron chi connectivity index (χ3n) is 4.84. The summed E-state index contributed by atoms with van der Waals surface area (Å²) in [6.07, 6.45) is 2.50. The Morgan fingerprint density at radius 2 is 1.83 bits per heavy atom. The van der Waals surface area contributed by atoms with Crippen LogP contribution in [0.5, 0.6) is 11.5 Å². The Labute approximate surface area is 175 Å². The van der Waals surface area contributed by atoms with Gasteiger partial charge in [-0.05, 0) is 48.7 Å². The topological polar surface area (TPSA) is 99.2 Å². The second kappa shape index (κ2) is 8.74. The second-order valence-electron chi connectivity index (χ2n) is 6.85. The minimum Gasteiger partial charge on any atom is -0.497 e. The van der Waals surface area contributed by atoms with Gasteiger partial charge in [0.2, 0.25) is 10.0 Å². The van der Waals surface area contributed by atoms with Crippen LogP contribution in [-0.4, -0.2) is 53.8 Å². The minimum absolute atomic E-state index is 0.181. The number of rotatable bonds is 7. The van der Waals surface area contributed by atoms with Crippen molar-refractivity contribution in [2.75, 3.05) is 37.9 Å². The number of anilines is 1. The number of hydrogen-bond acceptors (Lipinski definition) is 7. The number of esters is 1. The van der Waals surface area contributed by atoms with E-state index < -0.39 is 22.6 Å². The van der Waals surface area contributed by atoms with Crippen LogP contribution >= 0.6 is 0 Å². The third-order valence-corrected chi connectivity index (χ3v) is 6.02. The number of benzene rings is 2. The van der Waals surface area contributed by atoms with E-state index in [1.54, 1.807) is 30.3 Å². The van der Waals surface area contributed by atoms with Crippen molar-refractivity contribution >= 4 is 27.5 Å². The zero-order chi connectivity index (χ0) is 21.9. The van der Waals surface area contributed by atoms with Crippen LogP contribution in [0.4, 0.5) is 5.69 Å². The standard InChI is InChI=1S/C21H23NO7S/c1-27-16-7-8-17(20(12-16)28-2)21(24)29-13-19(23)15-6-9-18-14(11-15)5-4-10-22(18)30(3,25)26/h6-9,11-12H,4-5,10,13H2,1-3H3. The highest BCUT2D eigenvalue weighted by Crippen LogP contribution is 2.30. The van der Waals surface area contributed by atoms with Crippen molar-refractivity contribution in [1.82, 2.24) is 0 Å². The number of ether oxygens (including phenoxy) is 3. The average molecular weight is 433 g/mol. The van der Waals surface area contributed by atoms with Gasteiger partial charge in [0.25, 0.3) is 0 Å². The van der Waals surface area contributed by atoms with E-state index in [0.29, 0.717) is 36.4 Å². The zero-order valence-corrected chi connectivity index (χ0v) is 17.8. The molecule has 0 atom stereocenters. The lowest BCUT2D eigenvalue weighted by Gasteiger charge is -2.29. The molecule has 1 aliphatic heterocycles. The van der Waals surface area contributed by atoms with Crippen LogP contribution < -0.4 is 13.8 Å².